The molecule has 1 aromatic rings. The second kappa shape index (κ2) is 3.04. The third-order valence-electron chi connectivity index (χ3n) is 1.33. The number of hydrogen-bond donors (Lipinski definition) is 0. The lowest BCUT2D eigenvalue weighted by Crippen LogP contribution is -1.73. The van der Waals surface area contributed by atoms with Crippen molar-refractivity contribution in [2.24, 2.45) is 0 Å². The minimum Gasteiger partial charge on any atom is -0.123 e. The first-order chi connectivity index (χ1) is 4.13. The predicted molar refractivity (Wildman–Crippen MR) is 59.2 cm³/mol. The molecule has 1 rings (SSSR count). The van der Waals surface area contributed by atoms with Crippen LogP contribution in [0.3, 0.4) is 0 Å². The van der Waals surface area contributed by atoms with E-state index in [0.717, 1.165) is 0 Å². The van der Waals surface area contributed by atoms with Crippen LogP contribution in [-0.2, 0) is 0 Å². The average Bonchev–Trinajstić information content (AvgIpc) is 1.98. The Bertz CT molecular complexity index is 205. The molecule has 0 aliphatic heterocycles. The normalized spacial score (nSPS) is 10.2. The van der Waals surface area contributed by atoms with Crippen LogP contribution >= 0.6 is 56.5 Å². The molecule has 0 unspecified atom stereocenters. The van der Waals surface area contributed by atoms with Gasteiger partial charge in [0, 0.05) is 0 Å². The second-order valence-electron chi connectivity index (χ2n) is 1.90. The molecule has 0 N–H and O–H groups in total. The molecule has 0 amide bonds. The van der Waals surface area contributed by atoms with Crippen molar-refractivity contribution < 1.29 is 0 Å². The van der Waals surface area contributed by atoms with Crippen molar-refractivity contribution in [3.63, 3.8) is 0 Å². The summed E-state index contributed by atoms with van der Waals surface area (Å²) in [4.78, 5) is 0. The minimum absolute atomic E-state index is 1.43. The highest BCUT2D eigenvalue weighted by molar-refractivity contribution is 14.1. The van der Waals surface area contributed by atoms with Crippen LogP contribution in [0.2, 0.25) is 0 Å². The number of thiophene rings is 1. The molecule has 0 bridgehead atoms. The van der Waals surface area contributed by atoms with Gasteiger partial charge in [-0.3, -0.25) is 0 Å². The second-order valence-corrected chi connectivity index (χ2v) is 6.54. The fourth-order valence-corrected chi connectivity index (χ4v) is 4.69. The Morgan fingerprint density at radius 3 is 1.44 bits per heavy atom. The van der Waals surface area contributed by atoms with Crippen LogP contribution in [0.5, 0.6) is 0 Å². The summed E-state index contributed by atoms with van der Waals surface area (Å²) in [6.45, 7) is 4.35. The molecule has 0 radical (unpaired) electrons. The Hall–Kier alpha value is 1.16. The SMILES string of the molecule is Cc1c(I)sc(I)c1C. The highest BCUT2D eigenvalue weighted by atomic mass is 127. The van der Waals surface area contributed by atoms with Gasteiger partial charge in [-0.15, -0.1) is 11.3 Å². The molecule has 3 heteroatoms. The van der Waals surface area contributed by atoms with Crippen LogP contribution in [-0.4, -0.2) is 0 Å². The van der Waals surface area contributed by atoms with Gasteiger partial charge in [0.2, 0.25) is 0 Å². The van der Waals surface area contributed by atoms with E-state index in [1.807, 2.05) is 11.3 Å². The Balaban J connectivity index is 3.29. The van der Waals surface area contributed by atoms with Gasteiger partial charge in [0.1, 0.15) is 0 Å². The molecule has 0 aliphatic carbocycles. The molecule has 0 saturated carbocycles. The summed E-state index contributed by atoms with van der Waals surface area (Å²) in [6.07, 6.45) is 0. The van der Waals surface area contributed by atoms with Crippen LogP contribution in [0.1, 0.15) is 11.1 Å². The van der Waals surface area contributed by atoms with Crippen molar-refractivity contribution in [2.75, 3.05) is 0 Å². The van der Waals surface area contributed by atoms with E-state index in [1.165, 1.54) is 16.9 Å². The average molecular weight is 364 g/mol. The molecule has 0 nitrogen and oxygen atoms in total. The predicted octanol–water partition coefficient (Wildman–Crippen LogP) is 3.57. The topological polar surface area (TPSA) is 0 Å². The lowest BCUT2D eigenvalue weighted by atomic mass is 10.2. The highest BCUT2D eigenvalue weighted by Crippen LogP contribution is 2.29. The fourth-order valence-electron chi connectivity index (χ4n) is 0.527. The van der Waals surface area contributed by atoms with Crippen molar-refractivity contribution in [1.29, 1.82) is 0 Å². The smallest absolute Gasteiger partial charge is 0.0696 e. The molecule has 0 fully saturated rings. The lowest BCUT2D eigenvalue weighted by Gasteiger charge is -1.86. The van der Waals surface area contributed by atoms with E-state index in [9.17, 15) is 0 Å². The van der Waals surface area contributed by atoms with Crippen molar-refractivity contribution >= 4 is 56.5 Å². The van der Waals surface area contributed by atoms with Crippen molar-refractivity contribution in [1.82, 2.24) is 0 Å². The van der Waals surface area contributed by atoms with Gasteiger partial charge in [0.15, 0.2) is 0 Å². The largest absolute Gasteiger partial charge is 0.123 e. The van der Waals surface area contributed by atoms with Gasteiger partial charge in [-0.05, 0) is 70.2 Å². The zero-order valence-corrected chi connectivity index (χ0v) is 10.3. The van der Waals surface area contributed by atoms with E-state index in [1.54, 1.807) is 0 Å². The molecule has 0 saturated heterocycles. The Morgan fingerprint density at radius 1 is 1.00 bits per heavy atom. The van der Waals surface area contributed by atoms with Crippen molar-refractivity contribution in [2.45, 2.75) is 13.8 Å². The first-order valence-corrected chi connectivity index (χ1v) is 5.51. The maximum absolute atomic E-state index is 2.38. The molecule has 0 spiro atoms. The quantitative estimate of drug-likeness (QED) is 0.618. The van der Waals surface area contributed by atoms with Crippen LogP contribution < -0.4 is 0 Å². The fraction of sp³-hybridized carbons (Fsp3) is 0.333. The summed E-state index contributed by atoms with van der Waals surface area (Å²) >= 11 is 6.64. The maximum atomic E-state index is 2.38. The standard InChI is InChI=1S/C6H6I2S/c1-3-4(2)6(8)9-5(3)7/h1-2H3. The maximum Gasteiger partial charge on any atom is 0.0696 e. The summed E-state index contributed by atoms with van der Waals surface area (Å²) in [7, 11) is 0. The van der Waals surface area contributed by atoms with Gasteiger partial charge < -0.3 is 0 Å². The Kier molecular flexibility index (Phi) is 2.79. The number of rotatable bonds is 0. The van der Waals surface area contributed by atoms with E-state index >= 15 is 0 Å². The summed E-state index contributed by atoms with van der Waals surface area (Å²) in [5.41, 5.74) is 2.90. The monoisotopic (exact) mass is 364 g/mol. The van der Waals surface area contributed by atoms with Crippen molar-refractivity contribution in [3.05, 3.63) is 16.9 Å². The van der Waals surface area contributed by atoms with Crippen LogP contribution in [0, 0.1) is 19.6 Å². The summed E-state index contributed by atoms with van der Waals surface area (Å²) in [6, 6.07) is 0. The molecule has 0 aliphatic rings. The number of halogens is 2. The van der Waals surface area contributed by atoms with Crippen LogP contribution in [0.4, 0.5) is 0 Å². The van der Waals surface area contributed by atoms with Crippen LogP contribution in [0.25, 0.3) is 0 Å². The molecule has 1 aromatic heterocycles. The van der Waals surface area contributed by atoms with E-state index in [4.69, 9.17) is 0 Å². The zero-order valence-electron chi connectivity index (χ0n) is 5.16. The third kappa shape index (κ3) is 1.59. The highest BCUT2D eigenvalue weighted by Gasteiger charge is 2.04. The summed E-state index contributed by atoms with van der Waals surface area (Å²) in [5.74, 6) is 0. The van der Waals surface area contributed by atoms with Crippen molar-refractivity contribution in [3.8, 4) is 0 Å². The minimum atomic E-state index is 1.43. The molecular formula is C6H6I2S. The first-order valence-electron chi connectivity index (χ1n) is 2.54. The third-order valence-corrected chi connectivity index (χ3v) is 5.24. The van der Waals surface area contributed by atoms with Gasteiger partial charge in [-0.2, -0.15) is 0 Å². The first kappa shape index (κ1) is 8.26. The summed E-state index contributed by atoms with van der Waals surface area (Å²) in [5, 5.41) is 0. The van der Waals surface area contributed by atoms with Gasteiger partial charge in [0.25, 0.3) is 0 Å². The molecule has 50 valence electrons. The van der Waals surface area contributed by atoms with E-state index in [2.05, 4.69) is 59.0 Å². The van der Waals surface area contributed by atoms with E-state index in [0.29, 0.717) is 0 Å². The Labute approximate surface area is 86.3 Å². The van der Waals surface area contributed by atoms with E-state index < -0.39 is 0 Å². The Morgan fingerprint density at radius 2 is 1.33 bits per heavy atom. The van der Waals surface area contributed by atoms with Gasteiger partial charge in [-0.25, -0.2) is 0 Å². The van der Waals surface area contributed by atoms with E-state index in [-0.39, 0.29) is 0 Å². The van der Waals surface area contributed by atoms with Gasteiger partial charge in [0.05, 0.1) is 5.77 Å². The molecular weight excluding hydrogens is 358 g/mol. The molecule has 1 heterocycles. The van der Waals surface area contributed by atoms with Gasteiger partial charge in [-0.1, -0.05) is 0 Å². The summed E-state index contributed by atoms with van der Waals surface area (Å²) < 4.78 is 2.85. The number of hydrogen-bond acceptors (Lipinski definition) is 1. The molecule has 0 aromatic carbocycles. The molecule has 9 heavy (non-hydrogen) atoms. The lowest BCUT2D eigenvalue weighted by molar-refractivity contribution is 1.37. The molecule has 0 atom stereocenters. The zero-order chi connectivity index (χ0) is 7.02. The van der Waals surface area contributed by atoms with Crippen LogP contribution in [0.15, 0.2) is 0 Å². The van der Waals surface area contributed by atoms with Gasteiger partial charge >= 0.3 is 0 Å².